The Morgan fingerprint density at radius 1 is 1.00 bits per heavy atom. The van der Waals surface area contributed by atoms with Crippen LogP contribution in [-0.4, -0.2) is 52.5 Å². The number of piperazine rings is 1. The maximum Gasteiger partial charge on any atom is 0.253 e. The zero-order valence-corrected chi connectivity index (χ0v) is 16.8. The van der Waals surface area contributed by atoms with Crippen molar-refractivity contribution in [3.8, 4) is 0 Å². The SMILES string of the molecule is CC(=O)c1ccc(N2CCN(C(=O)c3ccc(Cn4cccn4)cc3)CC2)c(F)c1. The molecule has 0 N–H and O–H groups in total. The van der Waals surface area contributed by atoms with Crippen LogP contribution in [0, 0.1) is 5.82 Å². The molecule has 30 heavy (non-hydrogen) atoms. The third-order valence-electron chi connectivity index (χ3n) is 5.37. The summed E-state index contributed by atoms with van der Waals surface area (Å²) in [5.41, 5.74) is 2.55. The third-order valence-corrected chi connectivity index (χ3v) is 5.37. The van der Waals surface area contributed by atoms with Crippen LogP contribution in [0.5, 0.6) is 0 Å². The van der Waals surface area contributed by atoms with E-state index in [-0.39, 0.29) is 11.7 Å². The molecule has 154 valence electrons. The molecule has 1 aliphatic heterocycles. The second-order valence-electron chi connectivity index (χ2n) is 7.40. The highest BCUT2D eigenvalue weighted by Crippen LogP contribution is 2.23. The Bertz CT molecular complexity index is 1040. The number of hydrogen-bond acceptors (Lipinski definition) is 4. The zero-order valence-electron chi connectivity index (χ0n) is 16.8. The molecular formula is C23H23FN4O2. The number of rotatable bonds is 5. The Balaban J connectivity index is 1.37. The van der Waals surface area contributed by atoms with Gasteiger partial charge in [-0.1, -0.05) is 12.1 Å². The number of benzene rings is 2. The summed E-state index contributed by atoms with van der Waals surface area (Å²) >= 11 is 0. The average molecular weight is 406 g/mol. The lowest BCUT2D eigenvalue weighted by Gasteiger charge is -2.36. The molecular weight excluding hydrogens is 383 g/mol. The average Bonchev–Trinajstić information content (AvgIpc) is 3.27. The number of hydrogen-bond donors (Lipinski definition) is 0. The topological polar surface area (TPSA) is 58.4 Å². The van der Waals surface area contributed by atoms with E-state index in [4.69, 9.17) is 0 Å². The molecule has 1 saturated heterocycles. The molecule has 2 aromatic carbocycles. The van der Waals surface area contributed by atoms with Gasteiger partial charge >= 0.3 is 0 Å². The highest BCUT2D eigenvalue weighted by molar-refractivity contribution is 5.95. The Morgan fingerprint density at radius 2 is 1.70 bits per heavy atom. The van der Waals surface area contributed by atoms with Crippen LogP contribution in [0.1, 0.15) is 33.2 Å². The fraction of sp³-hybridized carbons (Fsp3) is 0.261. The number of ketones is 1. The van der Waals surface area contributed by atoms with Crippen molar-refractivity contribution < 1.29 is 14.0 Å². The standard InChI is InChI=1S/C23H23FN4O2/c1-17(29)20-7-8-22(21(24)15-20)26-11-13-27(14-12-26)23(30)19-5-3-18(4-6-19)16-28-10-2-9-25-28/h2-10,15H,11-14,16H2,1H3. The normalized spacial score (nSPS) is 14.1. The molecule has 0 unspecified atom stereocenters. The number of Topliss-reactive ketones (excluding diaryl/α,β-unsaturated/α-hetero) is 1. The predicted molar refractivity (Wildman–Crippen MR) is 112 cm³/mol. The lowest BCUT2D eigenvalue weighted by molar-refractivity contribution is 0.0746. The van der Waals surface area contributed by atoms with Gasteiger partial charge in [0.05, 0.1) is 12.2 Å². The van der Waals surface area contributed by atoms with Crippen molar-refractivity contribution in [2.45, 2.75) is 13.5 Å². The van der Waals surface area contributed by atoms with E-state index >= 15 is 0 Å². The maximum atomic E-state index is 14.4. The van der Waals surface area contributed by atoms with Gasteiger partial charge in [0.2, 0.25) is 0 Å². The van der Waals surface area contributed by atoms with Crippen molar-refractivity contribution in [2.75, 3.05) is 31.1 Å². The summed E-state index contributed by atoms with van der Waals surface area (Å²) in [6.45, 7) is 4.19. The van der Waals surface area contributed by atoms with Crippen LogP contribution in [0.2, 0.25) is 0 Å². The quantitative estimate of drug-likeness (QED) is 0.611. The first-order chi connectivity index (χ1) is 14.5. The minimum atomic E-state index is -0.407. The molecule has 0 aliphatic carbocycles. The molecule has 0 radical (unpaired) electrons. The summed E-state index contributed by atoms with van der Waals surface area (Å²) in [5.74, 6) is -0.588. The third kappa shape index (κ3) is 4.25. The summed E-state index contributed by atoms with van der Waals surface area (Å²) in [7, 11) is 0. The minimum Gasteiger partial charge on any atom is -0.366 e. The Labute approximate surface area is 174 Å². The second kappa shape index (κ2) is 8.49. The van der Waals surface area contributed by atoms with E-state index in [2.05, 4.69) is 5.10 Å². The first kappa shape index (κ1) is 19.8. The van der Waals surface area contributed by atoms with Gasteiger partial charge in [-0.15, -0.1) is 0 Å². The van der Waals surface area contributed by atoms with E-state index in [9.17, 15) is 14.0 Å². The van der Waals surface area contributed by atoms with E-state index in [1.807, 2.05) is 46.1 Å². The van der Waals surface area contributed by atoms with Crippen LogP contribution >= 0.6 is 0 Å². The molecule has 6 nitrogen and oxygen atoms in total. The van der Waals surface area contributed by atoms with Gasteiger partial charge in [-0.3, -0.25) is 14.3 Å². The first-order valence-electron chi connectivity index (χ1n) is 9.92. The van der Waals surface area contributed by atoms with Crippen LogP contribution in [0.3, 0.4) is 0 Å². The van der Waals surface area contributed by atoms with Gasteiger partial charge in [-0.2, -0.15) is 5.10 Å². The van der Waals surface area contributed by atoms with Gasteiger partial charge < -0.3 is 9.80 Å². The fourth-order valence-corrected chi connectivity index (χ4v) is 3.65. The van der Waals surface area contributed by atoms with E-state index in [1.165, 1.54) is 13.0 Å². The van der Waals surface area contributed by atoms with E-state index in [0.29, 0.717) is 49.5 Å². The molecule has 4 rings (SSSR count). The van der Waals surface area contributed by atoms with Crippen LogP contribution in [0.4, 0.5) is 10.1 Å². The van der Waals surface area contributed by atoms with Gasteiger partial charge in [0.15, 0.2) is 5.78 Å². The van der Waals surface area contributed by atoms with Gasteiger partial charge in [0.1, 0.15) is 5.82 Å². The minimum absolute atomic E-state index is 0.0207. The number of amides is 1. The highest BCUT2D eigenvalue weighted by atomic mass is 19.1. The molecule has 0 bridgehead atoms. The number of anilines is 1. The van der Waals surface area contributed by atoms with E-state index in [1.54, 1.807) is 23.2 Å². The van der Waals surface area contributed by atoms with Crippen LogP contribution < -0.4 is 4.90 Å². The molecule has 0 spiro atoms. The smallest absolute Gasteiger partial charge is 0.253 e. The monoisotopic (exact) mass is 406 g/mol. The molecule has 0 saturated carbocycles. The van der Waals surface area contributed by atoms with Crippen molar-refractivity contribution in [1.82, 2.24) is 14.7 Å². The predicted octanol–water partition coefficient (Wildman–Crippen LogP) is 3.24. The van der Waals surface area contributed by atoms with Gasteiger partial charge in [0.25, 0.3) is 5.91 Å². The summed E-state index contributed by atoms with van der Waals surface area (Å²) in [6.07, 6.45) is 3.64. The van der Waals surface area contributed by atoms with Crippen molar-refractivity contribution in [2.24, 2.45) is 0 Å². The van der Waals surface area contributed by atoms with Crippen LogP contribution in [0.25, 0.3) is 0 Å². The van der Waals surface area contributed by atoms with Crippen molar-refractivity contribution in [3.05, 3.63) is 83.4 Å². The maximum absolute atomic E-state index is 14.4. The number of halogens is 1. The largest absolute Gasteiger partial charge is 0.366 e. The van der Waals surface area contributed by atoms with E-state index < -0.39 is 5.82 Å². The molecule has 1 aromatic heterocycles. The molecule has 3 aromatic rings. The first-order valence-corrected chi connectivity index (χ1v) is 9.92. The zero-order chi connectivity index (χ0) is 21.1. The van der Waals surface area contributed by atoms with Crippen LogP contribution in [0.15, 0.2) is 60.9 Å². The van der Waals surface area contributed by atoms with E-state index in [0.717, 1.165) is 5.56 Å². The number of carbonyl (C=O) groups excluding carboxylic acids is 2. The Morgan fingerprint density at radius 3 is 2.30 bits per heavy atom. The molecule has 1 aliphatic rings. The van der Waals surface area contributed by atoms with Gasteiger partial charge in [-0.25, -0.2) is 4.39 Å². The van der Waals surface area contributed by atoms with Crippen molar-refractivity contribution >= 4 is 17.4 Å². The molecule has 0 atom stereocenters. The number of aromatic nitrogens is 2. The fourth-order valence-electron chi connectivity index (χ4n) is 3.65. The summed E-state index contributed by atoms with van der Waals surface area (Å²) in [5, 5.41) is 4.19. The summed E-state index contributed by atoms with van der Waals surface area (Å²) in [4.78, 5) is 28.0. The number of carbonyl (C=O) groups is 2. The van der Waals surface area contributed by atoms with Gasteiger partial charge in [0, 0.05) is 49.7 Å². The molecule has 2 heterocycles. The second-order valence-corrected chi connectivity index (χ2v) is 7.40. The lowest BCUT2D eigenvalue weighted by atomic mass is 10.1. The highest BCUT2D eigenvalue weighted by Gasteiger charge is 2.24. The van der Waals surface area contributed by atoms with Crippen LogP contribution in [-0.2, 0) is 6.54 Å². The summed E-state index contributed by atoms with van der Waals surface area (Å²) < 4.78 is 16.2. The summed E-state index contributed by atoms with van der Waals surface area (Å²) in [6, 6.07) is 14.0. The molecule has 1 amide bonds. The van der Waals surface area contributed by atoms with Crippen molar-refractivity contribution in [1.29, 1.82) is 0 Å². The molecule has 7 heteroatoms. The van der Waals surface area contributed by atoms with Crippen molar-refractivity contribution in [3.63, 3.8) is 0 Å². The van der Waals surface area contributed by atoms with Gasteiger partial charge in [-0.05, 0) is 48.9 Å². The number of nitrogens with zero attached hydrogens (tertiary/aromatic N) is 4. The lowest BCUT2D eigenvalue weighted by Crippen LogP contribution is -2.49. The Kier molecular flexibility index (Phi) is 5.61. The molecule has 1 fully saturated rings. The Hall–Kier alpha value is -3.48.